The van der Waals surface area contributed by atoms with E-state index in [1.807, 2.05) is 20.8 Å². The van der Waals surface area contributed by atoms with Crippen molar-refractivity contribution in [2.24, 2.45) is 5.41 Å². The van der Waals surface area contributed by atoms with Crippen molar-refractivity contribution in [2.75, 3.05) is 40.3 Å². The van der Waals surface area contributed by atoms with Gasteiger partial charge in [-0.2, -0.15) is 0 Å². The maximum absolute atomic E-state index is 11.8. The van der Waals surface area contributed by atoms with Crippen molar-refractivity contribution in [3.05, 3.63) is 0 Å². The van der Waals surface area contributed by atoms with Crippen LogP contribution in [-0.2, 0) is 4.79 Å². The molecule has 1 rings (SSSR count). The van der Waals surface area contributed by atoms with Gasteiger partial charge >= 0.3 is 0 Å². The number of hydrogen-bond acceptors (Lipinski definition) is 3. The van der Waals surface area contributed by atoms with Crippen LogP contribution in [0.2, 0.25) is 0 Å². The first-order valence-corrected chi connectivity index (χ1v) is 5.98. The minimum absolute atomic E-state index is 0.133. The molecule has 1 atom stereocenters. The molecule has 0 spiro atoms. The molecular weight excluding hydrogens is 202 g/mol. The van der Waals surface area contributed by atoms with Crippen LogP contribution in [0.1, 0.15) is 20.8 Å². The molecule has 1 heterocycles. The van der Waals surface area contributed by atoms with Gasteiger partial charge < -0.3 is 10.2 Å². The predicted octanol–water partition coefficient (Wildman–Crippen LogP) is 0.395. The highest BCUT2D eigenvalue weighted by atomic mass is 16.2. The average Bonchev–Trinajstić information content (AvgIpc) is 2.17. The second kappa shape index (κ2) is 5.15. The zero-order valence-corrected chi connectivity index (χ0v) is 11.2. The third-order valence-corrected chi connectivity index (χ3v) is 3.16. The van der Waals surface area contributed by atoms with Crippen LogP contribution in [0.5, 0.6) is 0 Å². The average molecular weight is 227 g/mol. The lowest BCUT2D eigenvalue weighted by Gasteiger charge is -2.38. The van der Waals surface area contributed by atoms with Gasteiger partial charge in [0.2, 0.25) is 5.91 Å². The Morgan fingerprint density at radius 2 is 1.94 bits per heavy atom. The first kappa shape index (κ1) is 13.5. The molecular formula is C12H25N3O. The van der Waals surface area contributed by atoms with Crippen molar-refractivity contribution in [3.8, 4) is 0 Å². The van der Waals surface area contributed by atoms with E-state index in [2.05, 4.69) is 29.2 Å². The molecule has 1 amide bonds. The zero-order chi connectivity index (χ0) is 12.3. The summed E-state index contributed by atoms with van der Waals surface area (Å²) in [5, 5.41) is 3.04. The normalized spacial score (nSPS) is 24.4. The Labute approximate surface area is 99.0 Å². The fraction of sp³-hybridized carbons (Fsp3) is 0.917. The second-order valence-electron chi connectivity index (χ2n) is 5.86. The summed E-state index contributed by atoms with van der Waals surface area (Å²) in [6.45, 7) is 9.79. The van der Waals surface area contributed by atoms with Gasteiger partial charge in [0.1, 0.15) is 0 Å². The van der Waals surface area contributed by atoms with Gasteiger partial charge in [0.25, 0.3) is 0 Å². The Bertz CT molecular complexity index is 247. The molecule has 1 aliphatic heterocycles. The molecule has 16 heavy (non-hydrogen) atoms. The summed E-state index contributed by atoms with van der Waals surface area (Å²) in [7, 11) is 4.26. The third kappa shape index (κ3) is 3.76. The van der Waals surface area contributed by atoms with Crippen molar-refractivity contribution < 1.29 is 4.79 Å². The Balaban J connectivity index is 2.39. The fourth-order valence-corrected chi connectivity index (χ4v) is 1.80. The second-order valence-corrected chi connectivity index (χ2v) is 5.86. The van der Waals surface area contributed by atoms with E-state index in [4.69, 9.17) is 0 Å². The Kier molecular flexibility index (Phi) is 4.33. The standard InChI is InChI=1S/C12H25N3O/c1-12(2,3)11(16)13-8-10-9-14(4)6-7-15(10)5/h10H,6-9H2,1-5H3,(H,13,16). The zero-order valence-electron chi connectivity index (χ0n) is 11.2. The van der Waals surface area contributed by atoms with Gasteiger partial charge in [-0.3, -0.25) is 9.69 Å². The summed E-state index contributed by atoms with van der Waals surface area (Å²) in [5.41, 5.74) is -0.293. The van der Waals surface area contributed by atoms with E-state index in [0.29, 0.717) is 6.04 Å². The summed E-state index contributed by atoms with van der Waals surface area (Å²) in [6.07, 6.45) is 0. The number of hydrogen-bond donors (Lipinski definition) is 1. The van der Waals surface area contributed by atoms with Crippen molar-refractivity contribution in [1.29, 1.82) is 0 Å². The van der Waals surface area contributed by atoms with E-state index >= 15 is 0 Å². The summed E-state index contributed by atoms with van der Waals surface area (Å²) < 4.78 is 0. The predicted molar refractivity (Wildman–Crippen MR) is 66.4 cm³/mol. The van der Waals surface area contributed by atoms with Crippen LogP contribution in [0, 0.1) is 5.41 Å². The Hall–Kier alpha value is -0.610. The van der Waals surface area contributed by atoms with E-state index in [0.717, 1.165) is 26.2 Å². The number of nitrogens with one attached hydrogen (secondary N) is 1. The Morgan fingerprint density at radius 3 is 2.50 bits per heavy atom. The van der Waals surface area contributed by atoms with Gasteiger partial charge in [-0.05, 0) is 14.1 Å². The molecule has 0 aliphatic carbocycles. The molecule has 1 fully saturated rings. The number of piperazine rings is 1. The molecule has 1 N–H and O–H groups in total. The van der Waals surface area contributed by atoms with Crippen molar-refractivity contribution in [2.45, 2.75) is 26.8 Å². The lowest BCUT2D eigenvalue weighted by Crippen LogP contribution is -2.55. The molecule has 0 aromatic rings. The molecule has 0 radical (unpaired) electrons. The SMILES string of the molecule is CN1CCN(C)C(CNC(=O)C(C)(C)C)C1. The van der Waals surface area contributed by atoms with Crippen LogP contribution in [0.15, 0.2) is 0 Å². The number of carbonyl (C=O) groups excluding carboxylic acids is 1. The highest BCUT2D eigenvalue weighted by Gasteiger charge is 2.25. The van der Waals surface area contributed by atoms with Gasteiger partial charge in [0.05, 0.1) is 0 Å². The smallest absolute Gasteiger partial charge is 0.225 e. The molecule has 4 nitrogen and oxygen atoms in total. The fourth-order valence-electron chi connectivity index (χ4n) is 1.80. The highest BCUT2D eigenvalue weighted by molar-refractivity contribution is 5.81. The summed E-state index contributed by atoms with van der Waals surface area (Å²) in [6, 6.07) is 0.435. The van der Waals surface area contributed by atoms with Crippen LogP contribution in [0.3, 0.4) is 0 Å². The number of nitrogens with zero attached hydrogens (tertiary/aromatic N) is 2. The highest BCUT2D eigenvalue weighted by Crippen LogP contribution is 2.13. The van der Waals surface area contributed by atoms with Crippen LogP contribution in [0.4, 0.5) is 0 Å². The topological polar surface area (TPSA) is 35.6 Å². The Morgan fingerprint density at radius 1 is 1.31 bits per heavy atom. The van der Waals surface area contributed by atoms with Crippen molar-refractivity contribution in [3.63, 3.8) is 0 Å². The minimum atomic E-state index is -0.293. The molecule has 0 aromatic heterocycles. The molecule has 1 saturated heterocycles. The van der Waals surface area contributed by atoms with E-state index < -0.39 is 0 Å². The van der Waals surface area contributed by atoms with E-state index in [1.54, 1.807) is 0 Å². The lowest BCUT2D eigenvalue weighted by molar-refractivity contribution is -0.128. The van der Waals surface area contributed by atoms with Crippen LogP contribution in [0.25, 0.3) is 0 Å². The van der Waals surface area contributed by atoms with Crippen molar-refractivity contribution >= 4 is 5.91 Å². The van der Waals surface area contributed by atoms with Gasteiger partial charge in [-0.25, -0.2) is 0 Å². The van der Waals surface area contributed by atoms with Gasteiger partial charge in [-0.15, -0.1) is 0 Å². The van der Waals surface area contributed by atoms with Crippen LogP contribution >= 0.6 is 0 Å². The van der Waals surface area contributed by atoms with E-state index in [1.165, 1.54) is 0 Å². The molecule has 0 saturated carbocycles. The molecule has 94 valence electrons. The lowest BCUT2D eigenvalue weighted by atomic mass is 9.95. The molecule has 0 aromatic carbocycles. The monoisotopic (exact) mass is 227 g/mol. The van der Waals surface area contributed by atoms with Gasteiger partial charge in [-0.1, -0.05) is 20.8 Å². The largest absolute Gasteiger partial charge is 0.354 e. The first-order chi connectivity index (χ1) is 7.30. The molecule has 1 aliphatic rings. The van der Waals surface area contributed by atoms with E-state index in [9.17, 15) is 4.79 Å². The first-order valence-electron chi connectivity index (χ1n) is 5.98. The third-order valence-electron chi connectivity index (χ3n) is 3.16. The molecule has 4 heteroatoms. The number of carbonyl (C=O) groups is 1. The summed E-state index contributed by atoms with van der Waals surface area (Å²) in [4.78, 5) is 16.4. The number of likely N-dealkylation sites (N-methyl/N-ethyl adjacent to an activating group) is 2. The summed E-state index contributed by atoms with van der Waals surface area (Å²) in [5.74, 6) is 0.133. The van der Waals surface area contributed by atoms with Gasteiger partial charge in [0, 0.05) is 37.6 Å². The van der Waals surface area contributed by atoms with Crippen LogP contribution in [-0.4, -0.2) is 62.0 Å². The van der Waals surface area contributed by atoms with Crippen molar-refractivity contribution in [1.82, 2.24) is 15.1 Å². The minimum Gasteiger partial charge on any atom is -0.354 e. The van der Waals surface area contributed by atoms with Gasteiger partial charge in [0.15, 0.2) is 0 Å². The number of rotatable bonds is 2. The number of amides is 1. The quantitative estimate of drug-likeness (QED) is 0.741. The van der Waals surface area contributed by atoms with E-state index in [-0.39, 0.29) is 11.3 Å². The van der Waals surface area contributed by atoms with Crippen LogP contribution < -0.4 is 5.32 Å². The maximum Gasteiger partial charge on any atom is 0.225 e. The molecule has 0 bridgehead atoms. The summed E-state index contributed by atoms with van der Waals surface area (Å²) >= 11 is 0. The molecule has 1 unspecified atom stereocenters. The maximum atomic E-state index is 11.8.